The first-order valence-corrected chi connectivity index (χ1v) is 11.6. The summed E-state index contributed by atoms with van der Waals surface area (Å²) in [5.74, 6) is -1.94. The normalized spacial score (nSPS) is 11.0. The minimum Gasteiger partial charge on any atom is -0.308 e. The van der Waals surface area contributed by atoms with Crippen molar-refractivity contribution in [3.63, 3.8) is 0 Å². The molecule has 11 heteroatoms. The van der Waals surface area contributed by atoms with Gasteiger partial charge in [-0.05, 0) is 36.1 Å². The molecule has 0 atom stereocenters. The molecule has 4 aromatic rings. The Morgan fingerprint density at radius 3 is 2.90 bits per heavy atom. The summed E-state index contributed by atoms with van der Waals surface area (Å²) in [4.78, 5) is 17.8. The molecule has 3 aromatic heterocycles. The number of benzene rings is 1. The first-order chi connectivity index (χ1) is 14.6. The van der Waals surface area contributed by atoms with Crippen LogP contribution in [0.15, 0.2) is 52.6 Å². The van der Waals surface area contributed by atoms with Crippen molar-refractivity contribution in [2.45, 2.75) is 18.1 Å². The first-order valence-electron chi connectivity index (χ1n) is 8.82. The summed E-state index contributed by atoms with van der Waals surface area (Å²) in [5, 5.41) is 15.5. The molecule has 0 aliphatic rings. The SMILES string of the molecule is O=C(CSc1nncn1CCc1cccs1)Nc1nc(-c2ccc(F)c(F)c2)cs1. The third-order valence-corrected chi connectivity index (χ3v) is 6.73. The number of nitrogens with zero attached hydrogens (tertiary/aromatic N) is 4. The number of aromatic nitrogens is 4. The Morgan fingerprint density at radius 1 is 1.20 bits per heavy atom. The number of aryl methyl sites for hydroxylation is 2. The maximum absolute atomic E-state index is 13.4. The van der Waals surface area contributed by atoms with E-state index in [1.807, 2.05) is 16.0 Å². The molecule has 0 radical (unpaired) electrons. The molecule has 1 N–H and O–H groups in total. The Hall–Kier alpha value is -2.63. The number of halogens is 2. The van der Waals surface area contributed by atoms with Crippen molar-refractivity contribution in [1.82, 2.24) is 19.7 Å². The summed E-state index contributed by atoms with van der Waals surface area (Å²) < 4.78 is 28.4. The van der Waals surface area contributed by atoms with Crippen molar-refractivity contribution in [3.8, 4) is 11.3 Å². The molecule has 0 aliphatic heterocycles. The van der Waals surface area contributed by atoms with E-state index < -0.39 is 11.6 Å². The number of thiophene rings is 1. The molecule has 0 fully saturated rings. The van der Waals surface area contributed by atoms with E-state index in [1.54, 1.807) is 23.0 Å². The van der Waals surface area contributed by atoms with E-state index in [2.05, 4.69) is 26.6 Å². The predicted molar refractivity (Wildman–Crippen MR) is 115 cm³/mol. The van der Waals surface area contributed by atoms with E-state index in [0.29, 0.717) is 21.5 Å². The van der Waals surface area contributed by atoms with E-state index in [1.165, 1.54) is 34.0 Å². The van der Waals surface area contributed by atoms with Gasteiger partial charge in [0.05, 0.1) is 11.4 Å². The van der Waals surface area contributed by atoms with E-state index in [-0.39, 0.29) is 11.7 Å². The summed E-state index contributed by atoms with van der Waals surface area (Å²) in [7, 11) is 0. The molecule has 30 heavy (non-hydrogen) atoms. The Balaban J connectivity index is 1.31. The number of nitrogens with one attached hydrogen (secondary N) is 1. The number of carbonyl (C=O) groups is 1. The fourth-order valence-electron chi connectivity index (χ4n) is 2.60. The van der Waals surface area contributed by atoms with Gasteiger partial charge in [-0.1, -0.05) is 17.8 Å². The van der Waals surface area contributed by atoms with Gasteiger partial charge in [0.1, 0.15) is 6.33 Å². The zero-order valence-electron chi connectivity index (χ0n) is 15.4. The molecule has 0 aliphatic carbocycles. The van der Waals surface area contributed by atoms with Crippen molar-refractivity contribution in [1.29, 1.82) is 0 Å². The van der Waals surface area contributed by atoms with Crippen molar-refractivity contribution >= 4 is 45.5 Å². The van der Waals surface area contributed by atoms with Gasteiger partial charge >= 0.3 is 0 Å². The number of anilines is 1. The maximum atomic E-state index is 13.4. The molecule has 6 nitrogen and oxygen atoms in total. The standard InChI is InChI=1S/C19H15F2N5OS3/c20-14-4-3-12(8-15(14)21)16-9-29-18(23-16)24-17(27)10-30-19-25-22-11-26(19)6-5-13-2-1-7-28-13/h1-4,7-9,11H,5-6,10H2,(H,23,24,27). The van der Waals surface area contributed by atoms with Gasteiger partial charge in [0.25, 0.3) is 0 Å². The topological polar surface area (TPSA) is 72.7 Å². The van der Waals surface area contributed by atoms with Crippen molar-refractivity contribution in [2.24, 2.45) is 0 Å². The van der Waals surface area contributed by atoms with Crippen molar-refractivity contribution in [3.05, 3.63) is 63.9 Å². The Bertz CT molecular complexity index is 1140. The fourth-order valence-corrected chi connectivity index (χ4v) is 4.78. The second-order valence-electron chi connectivity index (χ2n) is 6.14. The third kappa shape index (κ3) is 5.10. The average Bonchev–Trinajstić information content (AvgIpc) is 3.49. The quantitative estimate of drug-likeness (QED) is 0.383. The van der Waals surface area contributed by atoms with E-state index >= 15 is 0 Å². The highest BCUT2D eigenvalue weighted by atomic mass is 32.2. The molecular weight excluding hydrogens is 448 g/mol. The zero-order chi connectivity index (χ0) is 20.9. The summed E-state index contributed by atoms with van der Waals surface area (Å²) >= 11 is 4.21. The fraction of sp³-hybridized carbons (Fsp3) is 0.158. The van der Waals surface area contributed by atoms with Crippen LogP contribution >= 0.6 is 34.4 Å². The van der Waals surface area contributed by atoms with Gasteiger partial charge in [0.15, 0.2) is 21.9 Å². The van der Waals surface area contributed by atoms with Crippen LogP contribution in [0, 0.1) is 11.6 Å². The monoisotopic (exact) mass is 463 g/mol. The smallest absolute Gasteiger partial charge is 0.236 e. The first kappa shape index (κ1) is 20.6. The number of hydrogen-bond acceptors (Lipinski definition) is 7. The van der Waals surface area contributed by atoms with Crippen LogP contribution in [0.2, 0.25) is 0 Å². The van der Waals surface area contributed by atoms with Gasteiger partial charge in [-0.25, -0.2) is 13.8 Å². The van der Waals surface area contributed by atoms with Crippen LogP contribution in [0.1, 0.15) is 4.88 Å². The van der Waals surface area contributed by atoms with Gasteiger partial charge in [-0.15, -0.1) is 32.9 Å². The highest BCUT2D eigenvalue weighted by Gasteiger charge is 2.12. The molecule has 0 saturated heterocycles. The van der Waals surface area contributed by atoms with Crippen LogP contribution in [-0.2, 0) is 17.8 Å². The van der Waals surface area contributed by atoms with Gasteiger partial charge in [-0.3, -0.25) is 4.79 Å². The molecule has 1 aromatic carbocycles. The van der Waals surface area contributed by atoms with Crippen LogP contribution in [0.3, 0.4) is 0 Å². The lowest BCUT2D eigenvalue weighted by Crippen LogP contribution is -2.14. The zero-order valence-corrected chi connectivity index (χ0v) is 17.9. The van der Waals surface area contributed by atoms with E-state index in [0.717, 1.165) is 25.1 Å². The van der Waals surface area contributed by atoms with Crippen LogP contribution < -0.4 is 5.32 Å². The Labute approximate surface area is 183 Å². The van der Waals surface area contributed by atoms with Gasteiger partial charge in [0.2, 0.25) is 5.91 Å². The van der Waals surface area contributed by atoms with E-state index in [4.69, 9.17) is 0 Å². The minimum absolute atomic E-state index is 0.151. The lowest BCUT2D eigenvalue weighted by atomic mass is 10.2. The van der Waals surface area contributed by atoms with Gasteiger partial charge < -0.3 is 9.88 Å². The summed E-state index contributed by atoms with van der Waals surface area (Å²) in [5.41, 5.74) is 0.911. The molecule has 0 unspecified atom stereocenters. The van der Waals surface area contributed by atoms with E-state index in [9.17, 15) is 13.6 Å². The Kier molecular flexibility index (Phi) is 6.50. The molecular formula is C19H15F2N5OS3. The molecule has 0 bridgehead atoms. The van der Waals surface area contributed by atoms with Gasteiger partial charge in [-0.2, -0.15) is 0 Å². The third-order valence-electron chi connectivity index (χ3n) is 4.06. The second kappa shape index (κ2) is 9.45. The molecule has 1 amide bonds. The largest absolute Gasteiger partial charge is 0.308 e. The van der Waals surface area contributed by atoms with Crippen LogP contribution in [0.25, 0.3) is 11.3 Å². The summed E-state index contributed by atoms with van der Waals surface area (Å²) in [6.07, 6.45) is 2.53. The average molecular weight is 464 g/mol. The summed E-state index contributed by atoms with van der Waals surface area (Å²) in [6.45, 7) is 0.738. The van der Waals surface area contributed by atoms with Crippen molar-refractivity contribution in [2.75, 3.05) is 11.1 Å². The molecule has 154 valence electrons. The minimum atomic E-state index is -0.939. The van der Waals surface area contributed by atoms with Crippen molar-refractivity contribution < 1.29 is 13.6 Å². The number of carbonyl (C=O) groups excluding carboxylic acids is 1. The second-order valence-corrected chi connectivity index (χ2v) is 8.97. The molecule has 0 saturated carbocycles. The lowest BCUT2D eigenvalue weighted by Gasteiger charge is -2.05. The molecule has 4 rings (SSSR count). The maximum Gasteiger partial charge on any atom is 0.236 e. The highest BCUT2D eigenvalue weighted by molar-refractivity contribution is 7.99. The van der Waals surface area contributed by atoms with Crippen LogP contribution in [0.4, 0.5) is 13.9 Å². The molecule has 0 spiro atoms. The number of thiazole rings is 1. The lowest BCUT2D eigenvalue weighted by molar-refractivity contribution is -0.113. The number of hydrogen-bond donors (Lipinski definition) is 1. The Morgan fingerprint density at radius 2 is 2.10 bits per heavy atom. The molecule has 3 heterocycles. The number of thioether (sulfide) groups is 1. The van der Waals surface area contributed by atoms with Crippen LogP contribution in [0.5, 0.6) is 0 Å². The number of rotatable bonds is 8. The predicted octanol–water partition coefficient (Wildman–Crippen LogP) is 4.71. The number of amides is 1. The van der Waals surface area contributed by atoms with Gasteiger partial charge in [0, 0.05) is 22.4 Å². The highest BCUT2D eigenvalue weighted by Crippen LogP contribution is 2.26. The van der Waals surface area contributed by atoms with Crippen LogP contribution in [-0.4, -0.2) is 31.4 Å². The summed E-state index contributed by atoms with van der Waals surface area (Å²) in [6, 6.07) is 7.67.